The number of para-hydroxylation sites is 2. The molecule has 0 fully saturated rings. The number of rotatable bonds is 7. The van der Waals surface area contributed by atoms with Crippen LogP contribution in [0.4, 0.5) is 5.69 Å². The van der Waals surface area contributed by atoms with Gasteiger partial charge in [-0.1, -0.05) is 36.4 Å². The zero-order valence-corrected chi connectivity index (χ0v) is 18.5. The van der Waals surface area contributed by atoms with Crippen LogP contribution in [-0.2, 0) is 10.0 Å². The summed E-state index contributed by atoms with van der Waals surface area (Å²) >= 11 is 0. The van der Waals surface area contributed by atoms with E-state index >= 15 is 0 Å². The number of benzene rings is 2. The molecule has 0 saturated carbocycles. The van der Waals surface area contributed by atoms with E-state index in [9.17, 15) is 13.2 Å². The minimum atomic E-state index is -3.49. The summed E-state index contributed by atoms with van der Waals surface area (Å²) in [5.41, 5.74) is 2.39. The van der Waals surface area contributed by atoms with Crippen molar-refractivity contribution in [3.63, 3.8) is 0 Å². The fourth-order valence-electron chi connectivity index (χ4n) is 3.68. The monoisotopic (exact) mass is 453 g/mol. The fraction of sp³-hybridized carbons (Fsp3) is 0.217. The molecule has 1 amide bonds. The summed E-state index contributed by atoms with van der Waals surface area (Å²) in [5, 5.41) is 5.99. The van der Waals surface area contributed by atoms with Crippen molar-refractivity contribution in [3.8, 4) is 5.75 Å². The molecule has 1 aromatic heterocycles. The van der Waals surface area contributed by atoms with Crippen molar-refractivity contribution in [2.24, 2.45) is 5.10 Å². The molecule has 0 radical (unpaired) electrons. The van der Waals surface area contributed by atoms with Crippen molar-refractivity contribution in [3.05, 3.63) is 83.8 Å². The third kappa shape index (κ3) is 4.52. The highest BCUT2D eigenvalue weighted by atomic mass is 32.2. The smallest absolute Gasteiger partial charge is 0.310 e. The van der Waals surface area contributed by atoms with E-state index in [1.165, 1.54) is 11.3 Å². The van der Waals surface area contributed by atoms with Crippen LogP contribution >= 0.6 is 0 Å². The van der Waals surface area contributed by atoms with E-state index in [-0.39, 0.29) is 5.76 Å². The van der Waals surface area contributed by atoms with E-state index in [0.717, 1.165) is 11.8 Å². The third-order valence-corrected chi connectivity index (χ3v) is 5.55. The van der Waals surface area contributed by atoms with Crippen LogP contribution in [0.25, 0.3) is 0 Å². The molecule has 2 heterocycles. The Hall–Kier alpha value is -3.59. The van der Waals surface area contributed by atoms with Crippen LogP contribution in [0.5, 0.6) is 5.75 Å². The fourth-order valence-corrected chi connectivity index (χ4v) is 4.26. The predicted octanol–water partition coefficient (Wildman–Crippen LogP) is 4.04. The molecule has 1 atom stereocenters. The number of hydrogen-bond acceptors (Lipinski definition) is 6. The highest BCUT2D eigenvalue weighted by Gasteiger charge is 2.36. The summed E-state index contributed by atoms with van der Waals surface area (Å²) in [5.74, 6) is 0.433. The van der Waals surface area contributed by atoms with Crippen molar-refractivity contribution >= 4 is 27.3 Å². The van der Waals surface area contributed by atoms with Gasteiger partial charge in [0.25, 0.3) is 0 Å². The Kier molecular flexibility index (Phi) is 6.00. The van der Waals surface area contributed by atoms with Gasteiger partial charge in [0.2, 0.25) is 10.0 Å². The summed E-state index contributed by atoms with van der Waals surface area (Å²) < 4.78 is 37.3. The predicted molar refractivity (Wildman–Crippen MR) is 121 cm³/mol. The molecule has 32 heavy (non-hydrogen) atoms. The largest absolute Gasteiger partial charge is 0.494 e. The first kappa shape index (κ1) is 21.6. The lowest BCUT2D eigenvalue weighted by atomic mass is 9.97. The minimum Gasteiger partial charge on any atom is -0.494 e. The molecule has 0 bridgehead atoms. The van der Waals surface area contributed by atoms with Gasteiger partial charge in [-0.05, 0) is 31.2 Å². The quantitative estimate of drug-likeness (QED) is 0.582. The van der Waals surface area contributed by atoms with Gasteiger partial charge in [0.05, 0.1) is 36.6 Å². The number of hydrazone groups is 1. The van der Waals surface area contributed by atoms with E-state index in [0.29, 0.717) is 35.7 Å². The Labute approximate surface area is 186 Å². The molecule has 2 aromatic carbocycles. The third-order valence-electron chi connectivity index (χ3n) is 4.96. The van der Waals surface area contributed by atoms with Crippen LogP contribution in [0.15, 0.2) is 76.4 Å². The standard InChI is InChI=1S/C23H23N3O5S/c1-3-30-21-12-7-5-10-17(21)20-15-19(24-26(20)23(27)22-13-8-14-31-22)16-9-4-6-11-18(16)25-32(2,28)29/h4-14,20,25H,3,15H2,1-2H3/t20-/m1/s1. The van der Waals surface area contributed by atoms with Crippen LogP contribution < -0.4 is 9.46 Å². The summed E-state index contributed by atoms with van der Waals surface area (Å²) in [6.07, 6.45) is 2.90. The Morgan fingerprint density at radius 2 is 1.91 bits per heavy atom. The maximum absolute atomic E-state index is 13.2. The number of nitrogens with zero attached hydrogens (tertiary/aromatic N) is 2. The zero-order valence-electron chi connectivity index (χ0n) is 17.7. The summed E-state index contributed by atoms with van der Waals surface area (Å²) in [7, 11) is -3.49. The molecule has 166 valence electrons. The topological polar surface area (TPSA) is 101 Å². The second-order valence-electron chi connectivity index (χ2n) is 7.28. The van der Waals surface area contributed by atoms with Crippen LogP contribution in [0.1, 0.15) is 41.1 Å². The van der Waals surface area contributed by atoms with Crippen molar-refractivity contribution < 1.29 is 22.4 Å². The summed E-state index contributed by atoms with van der Waals surface area (Å²) in [6.45, 7) is 2.37. The lowest BCUT2D eigenvalue weighted by Crippen LogP contribution is -2.27. The van der Waals surface area contributed by atoms with E-state index in [4.69, 9.17) is 9.15 Å². The van der Waals surface area contributed by atoms with Crippen LogP contribution in [-0.4, -0.2) is 37.9 Å². The van der Waals surface area contributed by atoms with Crippen molar-refractivity contribution in [1.29, 1.82) is 0 Å². The maximum Gasteiger partial charge on any atom is 0.310 e. The lowest BCUT2D eigenvalue weighted by molar-refractivity contribution is 0.0676. The first-order chi connectivity index (χ1) is 15.4. The van der Waals surface area contributed by atoms with Gasteiger partial charge in [-0.2, -0.15) is 5.10 Å². The van der Waals surface area contributed by atoms with Gasteiger partial charge < -0.3 is 9.15 Å². The number of anilines is 1. The van der Waals surface area contributed by atoms with Crippen LogP contribution in [0, 0.1) is 0 Å². The summed E-state index contributed by atoms with van der Waals surface area (Å²) in [4.78, 5) is 13.2. The molecule has 8 nitrogen and oxygen atoms in total. The molecule has 4 rings (SSSR count). The molecule has 1 N–H and O–H groups in total. The van der Waals surface area contributed by atoms with E-state index in [1.807, 2.05) is 31.2 Å². The molecule has 0 spiro atoms. The van der Waals surface area contributed by atoms with Crippen molar-refractivity contribution in [2.45, 2.75) is 19.4 Å². The molecule has 0 aliphatic carbocycles. The number of nitrogens with one attached hydrogen (secondary N) is 1. The Bertz CT molecular complexity index is 1250. The average molecular weight is 454 g/mol. The SMILES string of the molecule is CCOc1ccccc1[C@H]1CC(c2ccccc2NS(C)(=O)=O)=NN1C(=O)c1ccco1. The minimum absolute atomic E-state index is 0.163. The number of amides is 1. The zero-order chi connectivity index (χ0) is 22.7. The van der Waals surface area contributed by atoms with Gasteiger partial charge in [0, 0.05) is 17.5 Å². The Balaban J connectivity index is 1.79. The number of ether oxygens (including phenoxy) is 1. The molecule has 0 unspecified atom stereocenters. The highest BCUT2D eigenvalue weighted by Crippen LogP contribution is 2.39. The van der Waals surface area contributed by atoms with Gasteiger partial charge in [-0.15, -0.1) is 0 Å². The maximum atomic E-state index is 13.2. The normalized spacial score (nSPS) is 16.0. The molecule has 3 aromatic rings. The Morgan fingerprint density at radius 3 is 2.62 bits per heavy atom. The Morgan fingerprint density at radius 1 is 1.16 bits per heavy atom. The second kappa shape index (κ2) is 8.88. The second-order valence-corrected chi connectivity index (χ2v) is 9.03. The number of carbonyl (C=O) groups is 1. The van der Waals surface area contributed by atoms with Crippen LogP contribution in [0.2, 0.25) is 0 Å². The summed E-state index contributed by atoms with van der Waals surface area (Å²) in [6, 6.07) is 17.3. The first-order valence-electron chi connectivity index (χ1n) is 10.1. The molecular weight excluding hydrogens is 430 g/mol. The van der Waals surface area contributed by atoms with Crippen molar-refractivity contribution in [2.75, 3.05) is 17.6 Å². The molecule has 1 aliphatic rings. The van der Waals surface area contributed by atoms with E-state index in [1.54, 1.807) is 36.4 Å². The van der Waals surface area contributed by atoms with Crippen LogP contribution in [0.3, 0.4) is 0 Å². The van der Waals surface area contributed by atoms with Gasteiger partial charge in [-0.25, -0.2) is 13.4 Å². The van der Waals surface area contributed by atoms with Gasteiger partial charge in [0.1, 0.15) is 5.75 Å². The molecule has 9 heteroatoms. The number of furan rings is 1. The van der Waals surface area contributed by atoms with E-state index < -0.39 is 22.0 Å². The number of sulfonamides is 1. The van der Waals surface area contributed by atoms with Gasteiger partial charge in [-0.3, -0.25) is 9.52 Å². The average Bonchev–Trinajstić information content (AvgIpc) is 3.44. The number of hydrogen-bond donors (Lipinski definition) is 1. The van der Waals surface area contributed by atoms with E-state index in [2.05, 4.69) is 9.82 Å². The highest BCUT2D eigenvalue weighted by molar-refractivity contribution is 7.92. The molecule has 1 aliphatic heterocycles. The molecular formula is C23H23N3O5S. The molecule has 0 saturated heterocycles. The lowest BCUT2D eigenvalue weighted by Gasteiger charge is -2.23. The van der Waals surface area contributed by atoms with Crippen molar-refractivity contribution in [1.82, 2.24) is 5.01 Å². The first-order valence-corrected chi connectivity index (χ1v) is 12.0. The number of carbonyl (C=O) groups excluding carboxylic acids is 1. The van der Waals surface area contributed by atoms with Gasteiger partial charge >= 0.3 is 5.91 Å². The van der Waals surface area contributed by atoms with Gasteiger partial charge in [0.15, 0.2) is 5.76 Å².